The van der Waals surface area contributed by atoms with E-state index in [2.05, 4.69) is 9.89 Å². The van der Waals surface area contributed by atoms with Gasteiger partial charge in [-0.05, 0) is 6.42 Å². The Bertz CT molecular complexity index is 370. The number of nitrogens with two attached hydrogens (primary N) is 1. The molecular weight excluding hydrogens is 391 g/mol. The molecule has 20 heavy (non-hydrogen) atoms. The lowest BCUT2D eigenvalue weighted by Gasteiger charge is -2.28. The van der Waals surface area contributed by atoms with Crippen LogP contribution >= 0.6 is 35.7 Å². The van der Waals surface area contributed by atoms with Crippen molar-refractivity contribution in [2.75, 3.05) is 37.7 Å². The number of thioether (sulfide) groups is 1. The first kappa shape index (κ1) is 17.5. The van der Waals surface area contributed by atoms with Crippen molar-refractivity contribution in [2.24, 2.45) is 10.7 Å². The summed E-state index contributed by atoms with van der Waals surface area (Å²) >= 11 is 1.91. The summed E-state index contributed by atoms with van der Waals surface area (Å²) in [4.78, 5) is 30.8. The first-order chi connectivity index (χ1) is 9.18. The molecule has 0 saturated carbocycles. The van der Waals surface area contributed by atoms with Gasteiger partial charge >= 0.3 is 0 Å². The van der Waals surface area contributed by atoms with Crippen molar-refractivity contribution in [1.29, 1.82) is 0 Å². The van der Waals surface area contributed by atoms with Crippen LogP contribution in [-0.4, -0.2) is 65.3 Å². The van der Waals surface area contributed by atoms with Gasteiger partial charge in [0, 0.05) is 44.0 Å². The zero-order chi connectivity index (χ0) is 13.7. The summed E-state index contributed by atoms with van der Waals surface area (Å²) in [6, 6.07) is 0. The first-order valence-corrected chi connectivity index (χ1v) is 7.80. The molecule has 2 aliphatic rings. The van der Waals surface area contributed by atoms with Crippen LogP contribution in [0, 0.1) is 0 Å². The molecule has 0 unspecified atom stereocenters. The van der Waals surface area contributed by atoms with Crippen LogP contribution in [0.15, 0.2) is 4.99 Å². The van der Waals surface area contributed by atoms with Gasteiger partial charge in [0.25, 0.3) is 0 Å². The number of imide groups is 1. The molecule has 2 aliphatic heterocycles. The molecule has 8 heteroatoms. The number of aliphatic imine (C=N–C) groups is 1. The number of halogens is 1. The van der Waals surface area contributed by atoms with E-state index in [4.69, 9.17) is 5.73 Å². The van der Waals surface area contributed by atoms with Crippen molar-refractivity contribution in [3.8, 4) is 0 Å². The summed E-state index contributed by atoms with van der Waals surface area (Å²) in [5.74, 6) is 2.49. The van der Waals surface area contributed by atoms with Gasteiger partial charge in [-0.15, -0.1) is 24.0 Å². The molecule has 0 radical (unpaired) electrons. The molecule has 0 aromatic carbocycles. The van der Waals surface area contributed by atoms with Crippen LogP contribution in [0.3, 0.4) is 0 Å². The van der Waals surface area contributed by atoms with Gasteiger partial charge in [-0.2, -0.15) is 11.8 Å². The van der Waals surface area contributed by atoms with Gasteiger partial charge in [-0.25, -0.2) is 0 Å². The summed E-state index contributed by atoms with van der Waals surface area (Å²) < 4.78 is 0. The fourth-order valence-electron chi connectivity index (χ4n) is 2.21. The SMILES string of the molecule is I.NC(=NCCN1C(=O)CCCC1=O)N1CCSCC1. The number of guanidine groups is 1. The number of rotatable bonds is 3. The van der Waals surface area contributed by atoms with Crippen LogP contribution < -0.4 is 5.73 Å². The van der Waals surface area contributed by atoms with Gasteiger partial charge in [-0.3, -0.25) is 19.5 Å². The van der Waals surface area contributed by atoms with Gasteiger partial charge in [0.15, 0.2) is 5.96 Å². The highest BCUT2D eigenvalue weighted by Crippen LogP contribution is 2.12. The zero-order valence-corrected chi connectivity index (χ0v) is 14.6. The summed E-state index contributed by atoms with van der Waals surface area (Å²) in [7, 11) is 0. The molecule has 0 aromatic rings. The minimum absolute atomic E-state index is 0. The number of carbonyl (C=O) groups is 2. The van der Waals surface area contributed by atoms with Gasteiger partial charge < -0.3 is 10.6 Å². The Morgan fingerprint density at radius 2 is 1.80 bits per heavy atom. The van der Waals surface area contributed by atoms with E-state index in [1.54, 1.807) is 0 Å². The second kappa shape index (κ2) is 8.71. The minimum atomic E-state index is -0.0839. The molecule has 2 saturated heterocycles. The van der Waals surface area contributed by atoms with Crippen molar-refractivity contribution in [3.63, 3.8) is 0 Å². The molecule has 2 N–H and O–H groups in total. The summed E-state index contributed by atoms with van der Waals surface area (Å²) in [5.41, 5.74) is 5.91. The number of hydrogen-bond acceptors (Lipinski definition) is 4. The Kier molecular flexibility index (Phi) is 7.63. The van der Waals surface area contributed by atoms with E-state index < -0.39 is 0 Å². The maximum atomic E-state index is 11.6. The highest BCUT2D eigenvalue weighted by Gasteiger charge is 2.25. The van der Waals surface area contributed by atoms with Gasteiger partial charge in [0.2, 0.25) is 11.8 Å². The standard InChI is InChI=1S/C12H20N4O2S.HI/c13-12(15-6-8-19-9-7-15)14-4-5-16-10(17)2-1-3-11(16)18;/h1-9H2,(H2,13,14);1H. The molecule has 2 fully saturated rings. The van der Waals surface area contributed by atoms with Crippen molar-refractivity contribution >= 4 is 53.5 Å². The fourth-order valence-corrected chi connectivity index (χ4v) is 3.11. The zero-order valence-electron chi connectivity index (χ0n) is 11.4. The Hall–Kier alpha value is -0.510. The lowest BCUT2D eigenvalue weighted by atomic mass is 10.1. The molecule has 2 rings (SSSR count). The lowest BCUT2D eigenvalue weighted by Crippen LogP contribution is -2.44. The van der Waals surface area contributed by atoms with Crippen LogP contribution in [0.25, 0.3) is 0 Å². The molecule has 0 bridgehead atoms. The second-order valence-corrected chi connectivity index (χ2v) is 5.86. The van der Waals surface area contributed by atoms with Crippen LogP contribution in [0.4, 0.5) is 0 Å². The fraction of sp³-hybridized carbons (Fsp3) is 0.750. The van der Waals surface area contributed by atoms with E-state index in [0.717, 1.165) is 24.6 Å². The van der Waals surface area contributed by atoms with Crippen molar-refractivity contribution in [1.82, 2.24) is 9.80 Å². The Balaban J connectivity index is 0.00000200. The van der Waals surface area contributed by atoms with Crippen LogP contribution in [0.1, 0.15) is 19.3 Å². The quantitative estimate of drug-likeness (QED) is 0.316. The molecule has 0 spiro atoms. The van der Waals surface area contributed by atoms with Crippen molar-refractivity contribution in [3.05, 3.63) is 0 Å². The summed E-state index contributed by atoms with van der Waals surface area (Å²) in [6.45, 7) is 2.58. The average molecular weight is 412 g/mol. The highest BCUT2D eigenvalue weighted by molar-refractivity contribution is 14.0. The Morgan fingerprint density at radius 1 is 1.20 bits per heavy atom. The summed E-state index contributed by atoms with van der Waals surface area (Å²) in [6.07, 6.45) is 1.60. The minimum Gasteiger partial charge on any atom is -0.370 e. The van der Waals surface area contributed by atoms with E-state index in [9.17, 15) is 9.59 Å². The molecular formula is C12H21IN4O2S. The predicted molar refractivity (Wildman–Crippen MR) is 91.4 cm³/mol. The van der Waals surface area contributed by atoms with Crippen LogP contribution in [-0.2, 0) is 9.59 Å². The molecule has 114 valence electrons. The van der Waals surface area contributed by atoms with Crippen LogP contribution in [0.2, 0.25) is 0 Å². The molecule has 0 aliphatic carbocycles. The van der Waals surface area contributed by atoms with E-state index >= 15 is 0 Å². The Labute approximate surface area is 140 Å². The van der Waals surface area contributed by atoms with Gasteiger partial charge in [0.1, 0.15) is 0 Å². The van der Waals surface area contributed by atoms with Crippen molar-refractivity contribution < 1.29 is 9.59 Å². The average Bonchev–Trinajstić information content (AvgIpc) is 2.43. The number of nitrogens with zero attached hydrogens (tertiary/aromatic N) is 3. The molecule has 6 nitrogen and oxygen atoms in total. The molecule has 2 amide bonds. The maximum absolute atomic E-state index is 11.6. The number of piperidine rings is 1. The van der Waals surface area contributed by atoms with E-state index in [1.807, 2.05) is 11.8 Å². The monoisotopic (exact) mass is 412 g/mol. The topological polar surface area (TPSA) is 79.0 Å². The molecule has 2 heterocycles. The van der Waals surface area contributed by atoms with Crippen LogP contribution in [0.5, 0.6) is 0 Å². The van der Waals surface area contributed by atoms with E-state index in [-0.39, 0.29) is 35.8 Å². The number of likely N-dealkylation sites (tertiary alicyclic amines) is 1. The molecule has 0 aromatic heterocycles. The van der Waals surface area contributed by atoms with E-state index in [0.29, 0.717) is 38.3 Å². The summed E-state index contributed by atoms with van der Waals surface area (Å²) in [5, 5.41) is 0. The van der Waals surface area contributed by atoms with Crippen molar-refractivity contribution in [2.45, 2.75) is 19.3 Å². The number of carbonyl (C=O) groups excluding carboxylic acids is 2. The predicted octanol–water partition coefficient (Wildman–Crippen LogP) is 0.507. The highest BCUT2D eigenvalue weighted by atomic mass is 127. The second-order valence-electron chi connectivity index (χ2n) is 4.63. The molecule has 0 atom stereocenters. The number of amides is 2. The number of hydrogen-bond donors (Lipinski definition) is 1. The normalized spacial score (nSPS) is 20.9. The third-order valence-corrected chi connectivity index (χ3v) is 4.26. The largest absolute Gasteiger partial charge is 0.370 e. The smallest absolute Gasteiger partial charge is 0.229 e. The van der Waals surface area contributed by atoms with Gasteiger partial charge in [-0.1, -0.05) is 0 Å². The maximum Gasteiger partial charge on any atom is 0.229 e. The van der Waals surface area contributed by atoms with Gasteiger partial charge in [0.05, 0.1) is 6.54 Å². The first-order valence-electron chi connectivity index (χ1n) is 6.64. The Morgan fingerprint density at radius 3 is 2.40 bits per heavy atom. The third kappa shape index (κ3) is 4.80. The lowest BCUT2D eigenvalue weighted by molar-refractivity contribution is -0.147. The van der Waals surface area contributed by atoms with E-state index in [1.165, 1.54) is 4.90 Å². The third-order valence-electron chi connectivity index (χ3n) is 3.32.